The fourth-order valence-corrected chi connectivity index (χ4v) is 3.12. The molecule has 0 aromatic carbocycles. The Morgan fingerprint density at radius 2 is 2.17 bits per heavy atom. The molecule has 1 aliphatic rings. The van der Waals surface area contributed by atoms with E-state index in [-0.39, 0.29) is 11.9 Å². The number of rotatable bonds is 2. The molecule has 3 heterocycles. The predicted molar refractivity (Wildman–Crippen MR) is 71.4 cm³/mol. The van der Waals surface area contributed by atoms with Gasteiger partial charge in [-0.05, 0) is 17.7 Å². The number of fused-ring (bicyclic) bond motifs is 1. The molecule has 0 amide bonds. The van der Waals surface area contributed by atoms with E-state index < -0.39 is 0 Å². The van der Waals surface area contributed by atoms with Crippen molar-refractivity contribution in [1.29, 1.82) is 0 Å². The summed E-state index contributed by atoms with van der Waals surface area (Å²) in [6, 6.07) is 1.93. The molecule has 0 bridgehead atoms. The van der Waals surface area contributed by atoms with Crippen molar-refractivity contribution in [2.24, 2.45) is 0 Å². The van der Waals surface area contributed by atoms with Gasteiger partial charge in [-0.3, -0.25) is 0 Å². The Morgan fingerprint density at radius 1 is 1.39 bits per heavy atom. The van der Waals surface area contributed by atoms with E-state index in [4.69, 9.17) is 16.3 Å². The van der Waals surface area contributed by atoms with E-state index in [0.29, 0.717) is 13.2 Å². The van der Waals surface area contributed by atoms with Crippen molar-refractivity contribution in [1.82, 2.24) is 9.97 Å². The lowest BCUT2D eigenvalue weighted by Crippen LogP contribution is -2.36. The molecule has 0 spiro atoms. The average Bonchev–Trinajstić information content (AvgIpc) is 2.81. The van der Waals surface area contributed by atoms with Gasteiger partial charge in [-0.1, -0.05) is 0 Å². The van der Waals surface area contributed by atoms with Crippen LogP contribution in [0.4, 0.5) is 5.82 Å². The Hall–Kier alpha value is -0.950. The number of ether oxygens (including phenoxy) is 1. The lowest BCUT2D eigenvalue weighted by atomic mass is 10.3. The van der Waals surface area contributed by atoms with Gasteiger partial charge in [0.2, 0.25) is 5.28 Å². The van der Waals surface area contributed by atoms with Crippen LogP contribution in [-0.2, 0) is 11.3 Å². The molecule has 1 N–H and O–H groups in total. The second kappa shape index (κ2) is 4.97. The molecule has 2 aromatic heterocycles. The van der Waals surface area contributed by atoms with Crippen LogP contribution in [0.3, 0.4) is 0 Å². The summed E-state index contributed by atoms with van der Waals surface area (Å²) in [6.45, 7) is 3.00. The fourth-order valence-electron chi connectivity index (χ4n) is 2.03. The predicted octanol–water partition coefficient (Wildman–Crippen LogP) is 1.67. The summed E-state index contributed by atoms with van der Waals surface area (Å²) in [5.41, 5.74) is 0. The average molecular weight is 286 g/mol. The first kappa shape index (κ1) is 12.1. The van der Waals surface area contributed by atoms with Gasteiger partial charge in [-0.2, -0.15) is 4.98 Å². The van der Waals surface area contributed by atoms with E-state index >= 15 is 0 Å². The Labute approximate surface area is 113 Å². The van der Waals surface area contributed by atoms with Gasteiger partial charge in [-0.15, -0.1) is 11.3 Å². The summed E-state index contributed by atoms with van der Waals surface area (Å²) in [5.74, 6) is 0.837. The van der Waals surface area contributed by atoms with Crippen molar-refractivity contribution >= 4 is 39.0 Å². The minimum absolute atomic E-state index is 0.0151. The van der Waals surface area contributed by atoms with Crippen molar-refractivity contribution in [2.45, 2.75) is 6.61 Å². The molecule has 18 heavy (non-hydrogen) atoms. The van der Waals surface area contributed by atoms with Crippen LogP contribution >= 0.6 is 22.9 Å². The smallest absolute Gasteiger partial charge is 0.225 e. The standard InChI is InChI=1S/C11H12ClN3O2S/c12-11-13-9(15-1-3-17-4-2-15)8-5-7(6-16)18-10(8)14-11/h5,16H,1-4,6H2. The Bertz CT molecular complexity index is 569. The number of aliphatic hydroxyl groups is 1. The zero-order valence-electron chi connectivity index (χ0n) is 9.60. The van der Waals surface area contributed by atoms with Gasteiger partial charge in [0.1, 0.15) is 10.6 Å². The molecule has 0 radical (unpaired) electrons. The lowest BCUT2D eigenvalue weighted by molar-refractivity contribution is 0.122. The molecule has 0 saturated carbocycles. The molecule has 5 nitrogen and oxygen atoms in total. The first-order valence-corrected chi connectivity index (χ1v) is 6.87. The number of nitrogens with zero attached hydrogens (tertiary/aromatic N) is 3. The second-order valence-electron chi connectivity index (χ2n) is 4.01. The first-order valence-electron chi connectivity index (χ1n) is 5.67. The molecule has 0 aliphatic carbocycles. The van der Waals surface area contributed by atoms with E-state index in [1.807, 2.05) is 6.07 Å². The van der Waals surface area contributed by atoms with E-state index in [9.17, 15) is 5.11 Å². The third-order valence-corrected chi connectivity index (χ3v) is 4.05. The molecule has 0 unspecified atom stereocenters. The summed E-state index contributed by atoms with van der Waals surface area (Å²) < 4.78 is 5.33. The highest BCUT2D eigenvalue weighted by Gasteiger charge is 2.18. The topological polar surface area (TPSA) is 58.5 Å². The zero-order chi connectivity index (χ0) is 12.5. The van der Waals surface area contributed by atoms with Crippen LogP contribution in [0, 0.1) is 0 Å². The summed E-state index contributed by atoms with van der Waals surface area (Å²) >= 11 is 7.41. The van der Waals surface area contributed by atoms with Crippen molar-refractivity contribution in [3.63, 3.8) is 0 Å². The largest absolute Gasteiger partial charge is 0.391 e. The number of aliphatic hydroxyl groups excluding tert-OH is 1. The van der Waals surface area contributed by atoms with E-state index in [2.05, 4.69) is 14.9 Å². The molecule has 1 saturated heterocycles. The lowest BCUT2D eigenvalue weighted by Gasteiger charge is -2.28. The van der Waals surface area contributed by atoms with Crippen LogP contribution in [0.1, 0.15) is 4.88 Å². The number of anilines is 1. The van der Waals surface area contributed by atoms with Crippen LogP contribution in [0.15, 0.2) is 6.07 Å². The number of morpholine rings is 1. The first-order chi connectivity index (χ1) is 8.78. The number of hydrogen-bond acceptors (Lipinski definition) is 6. The maximum Gasteiger partial charge on any atom is 0.225 e. The van der Waals surface area contributed by atoms with E-state index in [0.717, 1.165) is 34.0 Å². The van der Waals surface area contributed by atoms with Gasteiger partial charge in [0, 0.05) is 18.0 Å². The zero-order valence-corrected chi connectivity index (χ0v) is 11.2. The SMILES string of the molecule is OCc1cc2c(N3CCOCC3)nc(Cl)nc2s1. The van der Waals surface area contributed by atoms with Gasteiger partial charge < -0.3 is 14.7 Å². The normalized spacial score (nSPS) is 16.4. The molecular formula is C11H12ClN3O2S. The van der Waals surface area contributed by atoms with Crippen LogP contribution in [-0.4, -0.2) is 41.4 Å². The van der Waals surface area contributed by atoms with Gasteiger partial charge in [0.15, 0.2) is 0 Å². The van der Waals surface area contributed by atoms with Crippen molar-refractivity contribution in [2.75, 3.05) is 31.2 Å². The van der Waals surface area contributed by atoms with Gasteiger partial charge >= 0.3 is 0 Å². The fraction of sp³-hybridized carbons (Fsp3) is 0.455. The Morgan fingerprint density at radius 3 is 2.89 bits per heavy atom. The summed E-state index contributed by atoms with van der Waals surface area (Å²) in [4.78, 5) is 12.4. The molecule has 0 atom stereocenters. The molecule has 1 fully saturated rings. The molecular weight excluding hydrogens is 274 g/mol. The van der Waals surface area contributed by atoms with Crippen LogP contribution in [0.5, 0.6) is 0 Å². The third kappa shape index (κ3) is 2.16. The van der Waals surface area contributed by atoms with Gasteiger partial charge in [0.25, 0.3) is 0 Å². The number of thiophene rings is 1. The van der Waals surface area contributed by atoms with Gasteiger partial charge in [0.05, 0.1) is 25.2 Å². The summed E-state index contributed by atoms with van der Waals surface area (Å²) in [7, 11) is 0. The van der Waals surface area contributed by atoms with Crippen molar-refractivity contribution in [3.8, 4) is 0 Å². The summed E-state index contributed by atoms with van der Waals surface area (Å²) in [6.07, 6.45) is 0. The van der Waals surface area contributed by atoms with Crippen LogP contribution in [0.25, 0.3) is 10.2 Å². The highest BCUT2D eigenvalue weighted by atomic mass is 35.5. The van der Waals surface area contributed by atoms with E-state index in [1.54, 1.807) is 0 Å². The highest BCUT2D eigenvalue weighted by Crippen LogP contribution is 2.32. The molecule has 7 heteroatoms. The highest BCUT2D eigenvalue weighted by molar-refractivity contribution is 7.18. The quantitative estimate of drug-likeness (QED) is 0.851. The maximum absolute atomic E-state index is 9.20. The number of hydrogen-bond donors (Lipinski definition) is 1. The molecule has 3 rings (SSSR count). The molecule has 2 aromatic rings. The second-order valence-corrected chi connectivity index (χ2v) is 5.46. The van der Waals surface area contributed by atoms with Crippen molar-refractivity contribution in [3.05, 3.63) is 16.2 Å². The van der Waals surface area contributed by atoms with Crippen LogP contribution < -0.4 is 4.90 Å². The molecule has 96 valence electrons. The number of halogens is 1. The van der Waals surface area contributed by atoms with Crippen molar-refractivity contribution < 1.29 is 9.84 Å². The summed E-state index contributed by atoms with van der Waals surface area (Å²) in [5, 5.41) is 10.4. The monoisotopic (exact) mass is 285 g/mol. The minimum Gasteiger partial charge on any atom is -0.391 e. The number of aromatic nitrogens is 2. The van der Waals surface area contributed by atoms with E-state index in [1.165, 1.54) is 11.3 Å². The maximum atomic E-state index is 9.20. The Kier molecular flexibility index (Phi) is 3.34. The Balaban J connectivity index is 2.10. The molecule has 1 aliphatic heterocycles. The third-order valence-electron chi connectivity index (χ3n) is 2.86. The van der Waals surface area contributed by atoms with Crippen LogP contribution in [0.2, 0.25) is 5.28 Å². The minimum atomic E-state index is 0.0151. The van der Waals surface area contributed by atoms with Gasteiger partial charge in [-0.25, -0.2) is 4.98 Å².